The number of aliphatic hydroxyl groups excluding tert-OH is 2. The molecule has 0 aliphatic heterocycles. The molecule has 0 aliphatic carbocycles. The van der Waals surface area contributed by atoms with Crippen molar-refractivity contribution in [3.8, 4) is 0 Å². The maximum absolute atomic E-state index is 9.44. The van der Waals surface area contributed by atoms with Crippen molar-refractivity contribution in [3.05, 3.63) is 0 Å². The molecule has 29 heavy (non-hydrogen) atoms. The van der Waals surface area contributed by atoms with Crippen LogP contribution in [0.4, 0.5) is 0 Å². The minimum Gasteiger partial charge on any atom is -0.396 e. The molecule has 0 saturated heterocycles. The van der Waals surface area contributed by atoms with Gasteiger partial charge in [-0.05, 0) is 25.7 Å². The second kappa shape index (κ2) is 21.1. The van der Waals surface area contributed by atoms with Gasteiger partial charge in [-0.25, -0.2) is 0 Å². The zero-order valence-corrected chi connectivity index (χ0v) is 19.8. The first-order valence-corrected chi connectivity index (χ1v) is 12.8. The van der Waals surface area contributed by atoms with Crippen LogP contribution in [0, 0.1) is 0 Å². The SMILES string of the molecule is CCCCCCCCCCCCCCCCCC(CCO)(CCO)OC(N)CC. The normalized spacial score (nSPS) is 13.1. The molecule has 4 heteroatoms. The third-order valence-electron chi connectivity index (χ3n) is 6.17. The summed E-state index contributed by atoms with van der Waals surface area (Å²) >= 11 is 0. The second-order valence-electron chi connectivity index (χ2n) is 8.89. The van der Waals surface area contributed by atoms with Crippen molar-refractivity contribution in [1.82, 2.24) is 0 Å². The molecule has 0 radical (unpaired) electrons. The molecule has 0 aromatic rings. The van der Waals surface area contributed by atoms with E-state index < -0.39 is 5.60 Å². The highest BCUT2D eigenvalue weighted by Crippen LogP contribution is 2.29. The summed E-state index contributed by atoms with van der Waals surface area (Å²) in [4.78, 5) is 0. The van der Waals surface area contributed by atoms with Gasteiger partial charge in [0.1, 0.15) is 6.23 Å². The van der Waals surface area contributed by atoms with Gasteiger partial charge < -0.3 is 20.7 Å². The van der Waals surface area contributed by atoms with E-state index in [1.807, 2.05) is 6.92 Å². The minimum absolute atomic E-state index is 0.0785. The first-order valence-electron chi connectivity index (χ1n) is 12.8. The lowest BCUT2D eigenvalue weighted by atomic mass is 9.89. The molecule has 0 aromatic carbocycles. The van der Waals surface area contributed by atoms with Gasteiger partial charge >= 0.3 is 0 Å². The minimum atomic E-state index is -0.463. The van der Waals surface area contributed by atoms with Crippen molar-refractivity contribution in [2.75, 3.05) is 13.2 Å². The summed E-state index contributed by atoms with van der Waals surface area (Å²) in [5.41, 5.74) is 5.53. The number of unbranched alkanes of at least 4 members (excludes halogenated alkanes) is 14. The molecule has 4 nitrogen and oxygen atoms in total. The smallest absolute Gasteiger partial charge is 0.106 e. The lowest BCUT2D eigenvalue weighted by molar-refractivity contribution is -0.119. The van der Waals surface area contributed by atoms with E-state index in [1.54, 1.807) is 0 Å². The first-order chi connectivity index (χ1) is 14.1. The van der Waals surface area contributed by atoms with E-state index in [2.05, 4.69) is 6.92 Å². The Labute approximate surface area is 182 Å². The first kappa shape index (κ1) is 28.8. The Bertz CT molecular complexity index is 319. The Morgan fingerprint density at radius 1 is 0.621 bits per heavy atom. The van der Waals surface area contributed by atoms with E-state index >= 15 is 0 Å². The van der Waals surface area contributed by atoms with E-state index in [9.17, 15) is 10.2 Å². The Hall–Kier alpha value is -0.160. The molecule has 0 amide bonds. The van der Waals surface area contributed by atoms with Crippen LogP contribution in [0.25, 0.3) is 0 Å². The highest BCUT2D eigenvalue weighted by atomic mass is 16.5. The van der Waals surface area contributed by atoms with E-state index in [0.717, 1.165) is 19.3 Å². The monoisotopic (exact) mass is 415 g/mol. The summed E-state index contributed by atoms with van der Waals surface area (Å²) in [6.45, 7) is 4.44. The van der Waals surface area contributed by atoms with Crippen LogP contribution < -0.4 is 5.73 Å². The standard InChI is InChI=1S/C25H53NO3/c1-3-5-6-7-8-9-10-11-12-13-14-15-16-17-18-19-25(20-22-27,21-23-28)29-24(26)4-2/h24,27-28H,3-23,26H2,1-2H3. The number of ether oxygens (including phenoxy) is 1. The average molecular weight is 416 g/mol. The number of hydrogen-bond acceptors (Lipinski definition) is 4. The van der Waals surface area contributed by atoms with Gasteiger partial charge in [0.05, 0.1) is 5.60 Å². The van der Waals surface area contributed by atoms with Crippen molar-refractivity contribution in [3.63, 3.8) is 0 Å². The van der Waals surface area contributed by atoms with Gasteiger partial charge in [-0.1, -0.05) is 110 Å². The molecular formula is C25H53NO3. The van der Waals surface area contributed by atoms with Gasteiger partial charge in [-0.3, -0.25) is 0 Å². The fourth-order valence-electron chi connectivity index (χ4n) is 4.18. The molecule has 0 heterocycles. The largest absolute Gasteiger partial charge is 0.396 e. The molecule has 0 fully saturated rings. The maximum Gasteiger partial charge on any atom is 0.106 e. The second-order valence-corrected chi connectivity index (χ2v) is 8.89. The Morgan fingerprint density at radius 2 is 1.00 bits per heavy atom. The summed E-state index contributed by atoms with van der Waals surface area (Å²) in [7, 11) is 0. The predicted octanol–water partition coefficient (Wildman–Crippen LogP) is 6.46. The van der Waals surface area contributed by atoms with E-state index in [-0.39, 0.29) is 19.4 Å². The van der Waals surface area contributed by atoms with Gasteiger partial charge in [0, 0.05) is 13.2 Å². The van der Waals surface area contributed by atoms with E-state index in [1.165, 1.54) is 89.9 Å². The summed E-state index contributed by atoms with van der Waals surface area (Å²) in [6, 6.07) is 0. The van der Waals surface area contributed by atoms with Crippen molar-refractivity contribution >= 4 is 0 Å². The number of aliphatic hydroxyl groups is 2. The van der Waals surface area contributed by atoms with Crippen molar-refractivity contribution < 1.29 is 14.9 Å². The fraction of sp³-hybridized carbons (Fsp3) is 1.00. The molecule has 0 spiro atoms. The summed E-state index contributed by atoms with van der Waals surface area (Å²) in [6.07, 6.45) is 22.7. The Morgan fingerprint density at radius 3 is 1.34 bits per heavy atom. The zero-order chi connectivity index (χ0) is 21.6. The lowest BCUT2D eigenvalue weighted by Crippen LogP contribution is -2.41. The molecule has 0 rings (SSSR count). The van der Waals surface area contributed by atoms with Crippen LogP contribution in [0.5, 0.6) is 0 Å². The average Bonchev–Trinajstić information content (AvgIpc) is 2.71. The lowest BCUT2D eigenvalue weighted by Gasteiger charge is -2.35. The van der Waals surface area contributed by atoms with Crippen molar-refractivity contribution in [2.24, 2.45) is 5.73 Å². The van der Waals surface area contributed by atoms with Crippen LogP contribution in [-0.2, 0) is 4.74 Å². The molecule has 1 atom stereocenters. The molecule has 1 unspecified atom stereocenters. The van der Waals surface area contributed by atoms with Gasteiger partial charge in [0.25, 0.3) is 0 Å². The Kier molecular flexibility index (Phi) is 21.0. The van der Waals surface area contributed by atoms with Crippen LogP contribution in [0.1, 0.15) is 136 Å². The van der Waals surface area contributed by atoms with Crippen molar-refractivity contribution in [1.29, 1.82) is 0 Å². The molecule has 176 valence electrons. The van der Waals surface area contributed by atoms with E-state index in [4.69, 9.17) is 10.5 Å². The summed E-state index contributed by atoms with van der Waals surface area (Å²) in [5, 5.41) is 18.9. The molecule has 0 aliphatic rings. The molecule has 0 saturated carbocycles. The molecular weight excluding hydrogens is 362 g/mol. The van der Waals surface area contributed by atoms with Gasteiger partial charge in [0.15, 0.2) is 0 Å². The fourth-order valence-corrected chi connectivity index (χ4v) is 4.18. The molecule has 0 aromatic heterocycles. The number of rotatable bonds is 23. The highest BCUT2D eigenvalue weighted by Gasteiger charge is 2.31. The van der Waals surface area contributed by atoms with Crippen molar-refractivity contribution in [2.45, 2.75) is 148 Å². The quantitative estimate of drug-likeness (QED) is 0.132. The van der Waals surface area contributed by atoms with Crippen LogP contribution in [-0.4, -0.2) is 35.3 Å². The summed E-state index contributed by atoms with van der Waals surface area (Å²) in [5.74, 6) is 0. The van der Waals surface area contributed by atoms with Crippen LogP contribution in [0.2, 0.25) is 0 Å². The van der Waals surface area contributed by atoms with Gasteiger partial charge in [0.2, 0.25) is 0 Å². The summed E-state index contributed by atoms with van der Waals surface area (Å²) < 4.78 is 6.04. The zero-order valence-electron chi connectivity index (χ0n) is 19.8. The third kappa shape index (κ3) is 17.2. The highest BCUT2D eigenvalue weighted by molar-refractivity contribution is 4.81. The maximum atomic E-state index is 9.44. The van der Waals surface area contributed by atoms with Gasteiger partial charge in [-0.15, -0.1) is 0 Å². The topological polar surface area (TPSA) is 75.7 Å². The number of hydrogen-bond donors (Lipinski definition) is 3. The van der Waals surface area contributed by atoms with E-state index in [0.29, 0.717) is 12.8 Å². The van der Waals surface area contributed by atoms with Crippen LogP contribution >= 0.6 is 0 Å². The molecule has 4 N–H and O–H groups in total. The molecule has 0 bridgehead atoms. The third-order valence-corrected chi connectivity index (χ3v) is 6.17. The van der Waals surface area contributed by atoms with Crippen LogP contribution in [0.3, 0.4) is 0 Å². The van der Waals surface area contributed by atoms with Gasteiger partial charge in [-0.2, -0.15) is 0 Å². The van der Waals surface area contributed by atoms with Crippen LogP contribution in [0.15, 0.2) is 0 Å². The number of nitrogens with two attached hydrogens (primary N) is 1. The Balaban J connectivity index is 3.69. The predicted molar refractivity (Wildman–Crippen MR) is 125 cm³/mol.